The van der Waals surface area contributed by atoms with E-state index < -0.39 is 169 Å². The largest absolute Gasteiger partial charge is 0.504 e. The summed E-state index contributed by atoms with van der Waals surface area (Å²) in [5.74, 6) is -19.5. The fourth-order valence-electron chi connectivity index (χ4n) is 6.61. The van der Waals surface area contributed by atoms with Crippen LogP contribution in [-0.2, 0) is 23.7 Å². The number of phenolic OH excluding ortho intramolecular Hbond substituents is 11. The van der Waals surface area contributed by atoms with Gasteiger partial charge in [0.1, 0.15) is 12.7 Å². The normalized spacial score (nSPS) is 21.9. The molecule has 0 aromatic heterocycles. The van der Waals surface area contributed by atoms with Crippen molar-refractivity contribution in [3.63, 3.8) is 0 Å². The summed E-state index contributed by atoms with van der Waals surface area (Å²) in [6.45, 7) is 0.253. The number of benzene rings is 4. The van der Waals surface area contributed by atoms with Crippen molar-refractivity contribution < 1.29 is 104 Å². The first kappa shape index (κ1) is 36.8. The molecule has 21 nitrogen and oxygen atoms in total. The molecule has 3 heterocycles. The number of aromatic hydroxyl groups is 11. The molecular formula is C35H26O21. The Morgan fingerprint density at radius 1 is 0.464 bits per heavy atom. The quantitative estimate of drug-likeness (QED) is 0.0678. The smallest absolute Gasteiger partial charge is 0.339 e. The van der Waals surface area contributed by atoms with Crippen LogP contribution in [0.15, 0.2) is 24.3 Å². The fourth-order valence-corrected chi connectivity index (χ4v) is 6.61. The second-order valence-corrected chi connectivity index (χ2v) is 12.6. The number of esters is 4. The Labute approximate surface area is 309 Å². The summed E-state index contributed by atoms with van der Waals surface area (Å²) in [5.41, 5.74) is -7.20. The van der Waals surface area contributed by atoms with Crippen molar-refractivity contribution in [3.8, 4) is 85.5 Å². The Kier molecular flexibility index (Phi) is 8.42. The maximum Gasteiger partial charge on any atom is 0.339 e. The van der Waals surface area contributed by atoms with Gasteiger partial charge in [0, 0.05) is 22.3 Å². The molecule has 292 valence electrons. The Balaban J connectivity index is 1.44. The molecule has 4 aromatic rings. The van der Waals surface area contributed by atoms with Crippen molar-refractivity contribution in [2.75, 3.05) is 6.61 Å². The molecule has 3 aliphatic heterocycles. The number of aliphatic hydroxyl groups is 1. The molecule has 56 heavy (non-hydrogen) atoms. The Bertz CT molecular complexity index is 2440. The van der Waals surface area contributed by atoms with Crippen LogP contribution < -0.4 is 0 Å². The van der Waals surface area contributed by atoms with E-state index in [1.807, 2.05) is 0 Å². The molecule has 1 saturated heterocycles. The molecule has 3 aliphatic rings. The van der Waals surface area contributed by atoms with E-state index in [0.717, 1.165) is 6.07 Å². The van der Waals surface area contributed by atoms with Crippen molar-refractivity contribution in [3.05, 3.63) is 52.1 Å². The number of ether oxygens (including phenoxy) is 5. The number of hydrogen-bond donors (Lipinski definition) is 12. The number of carbonyl (C=O) groups is 4. The highest BCUT2D eigenvalue weighted by Crippen LogP contribution is 2.54. The fraction of sp³-hybridized carbons (Fsp3) is 0.200. The predicted molar refractivity (Wildman–Crippen MR) is 176 cm³/mol. The van der Waals surface area contributed by atoms with E-state index in [-0.39, 0.29) is 5.56 Å². The molecule has 12 N–H and O–H groups in total. The molecule has 7 rings (SSSR count). The van der Waals surface area contributed by atoms with Crippen molar-refractivity contribution in [2.45, 2.75) is 37.6 Å². The predicted octanol–water partition coefficient (Wildman–Crippen LogP) is 1.27. The van der Waals surface area contributed by atoms with Crippen LogP contribution in [0.25, 0.3) is 22.3 Å². The minimum absolute atomic E-state index is 0.121. The third kappa shape index (κ3) is 5.40. The zero-order chi connectivity index (χ0) is 40.8. The van der Waals surface area contributed by atoms with Crippen LogP contribution in [0, 0.1) is 6.92 Å². The van der Waals surface area contributed by atoms with Crippen molar-refractivity contribution >= 4 is 23.9 Å². The summed E-state index contributed by atoms with van der Waals surface area (Å²) < 4.78 is 27.4. The third-order valence-corrected chi connectivity index (χ3v) is 9.32. The molecule has 2 unspecified atom stereocenters. The van der Waals surface area contributed by atoms with Gasteiger partial charge < -0.3 is 85.0 Å². The number of rotatable bonds is 0. The highest BCUT2D eigenvalue weighted by atomic mass is 16.7. The van der Waals surface area contributed by atoms with Crippen LogP contribution in [0.4, 0.5) is 0 Å². The standard InChI is InChI=1S/C35H26O21/c1-7-2-8-16(24(43)20(7)39)17-9(3-12(36)21(40)25(17)44)32(48)54-28-15(6-52-31(8)47)53-35(51)30-29(28)55-33(49)10-4-13(37)22(41)26(45)18(10)19-11(34(50)56-30)5-14(38)23(42)27(19)46/h2-5,15,28-30,35-46,51H,6H2,1H3/t15?,28-,29+,30-,35?/m0/s1. The van der Waals surface area contributed by atoms with Crippen molar-refractivity contribution in [1.82, 2.24) is 0 Å². The highest BCUT2D eigenvalue weighted by molar-refractivity contribution is 6.10. The second-order valence-electron chi connectivity index (χ2n) is 12.6. The van der Waals surface area contributed by atoms with Gasteiger partial charge in [0.2, 0.25) is 17.2 Å². The van der Waals surface area contributed by atoms with Gasteiger partial charge in [-0.25, -0.2) is 19.2 Å². The van der Waals surface area contributed by atoms with Gasteiger partial charge >= 0.3 is 23.9 Å². The van der Waals surface area contributed by atoms with Gasteiger partial charge in [-0.1, -0.05) is 0 Å². The third-order valence-electron chi connectivity index (χ3n) is 9.32. The maximum absolute atomic E-state index is 14.1. The number of aryl methyl sites for hydroxylation is 1. The lowest BCUT2D eigenvalue weighted by molar-refractivity contribution is -0.284. The first-order valence-electron chi connectivity index (χ1n) is 15.9. The van der Waals surface area contributed by atoms with E-state index in [1.54, 1.807) is 0 Å². The van der Waals surface area contributed by atoms with Gasteiger partial charge in [-0.15, -0.1) is 0 Å². The van der Waals surface area contributed by atoms with Crippen molar-refractivity contribution in [2.24, 2.45) is 0 Å². The Morgan fingerprint density at radius 2 is 0.821 bits per heavy atom. The van der Waals surface area contributed by atoms with Crippen LogP contribution >= 0.6 is 0 Å². The number of cyclic esters (lactones) is 1. The summed E-state index contributed by atoms with van der Waals surface area (Å²) in [6.07, 6.45) is -10.9. The highest BCUT2D eigenvalue weighted by Gasteiger charge is 2.54. The minimum Gasteiger partial charge on any atom is -0.504 e. The average molecular weight is 783 g/mol. The molecule has 21 heteroatoms. The molecule has 4 aromatic carbocycles. The SMILES string of the molecule is Cc1cc2c(c(O)c1O)-c1c(cc(O)c(O)c1O)C(=O)O[C@H]1C(COC2=O)OC(O)[C@H]2OC(=O)c3cc(O)c(O)c(O)c3-c3c(cc(O)c(O)c3O)C(=O)O[C@@H]21. The lowest BCUT2D eigenvalue weighted by Gasteiger charge is -2.43. The second kappa shape index (κ2) is 12.8. The van der Waals surface area contributed by atoms with E-state index in [2.05, 4.69) is 0 Å². The summed E-state index contributed by atoms with van der Waals surface area (Å²) in [5, 5.41) is 128. The van der Waals surface area contributed by atoms with Crippen LogP contribution in [0.1, 0.15) is 47.0 Å². The van der Waals surface area contributed by atoms with Gasteiger partial charge in [0.05, 0.1) is 22.3 Å². The van der Waals surface area contributed by atoms with Gasteiger partial charge in [0.25, 0.3) is 0 Å². The lowest BCUT2D eigenvalue weighted by atomic mass is 9.90. The number of fused-ring (bicyclic) bond motifs is 9. The number of phenols is 11. The van der Waals surface area contributed by atoms with Gasteiger partial charge in [-0.2, -0.15) is 0 Å². The average Bonchev–Trinajstić information content (AvgIpc) is 3.16. The van der Waals surface area contributed by atoms with E-state index in [0.29, 0.717) is 18.2 Å². The topological polar surface area (TPSA) is 357 Å². The van der Waals surface area contributed by atoms with E-state index in [4.69, 9.17) is 23.7 Å². The van der Waals surface area contributed by atoms with E-state index >= 15 is 0 Å². The number of carbonyl (C=O) groups excluding carboxylic acids is 4. The van der Waals surface area contributed by atoms with Gasteiger partial charge in [0.15, 0.2) is 70.6 Å². The van der Waals surface area contributed by atoms with Crippen LogP contribution in [-0.4, -0.2) is 122 Å². The zero-order valence-corrected chi connectivity index (χ0v) is 27.9. The van der Waals surface area contributed by atoms with Gasteiger partial charge in [-0.3, -0.25) is 0 Å². The van der Waals surface area contributed by atoms with Crippen molar-refractivity contribution in [1.29, 1.82) is 0 Å². The molecule has 0 saturated carbocycles. The molecule has 0 radical (unpaired) electrons. The lowest BCUT2D eigenvalue weighted by Crippen LogP contribution is -2.62. The van der Waals surface area contributed by atoms with Crippen LogP contribution in [0.5, 0.6) is 63.2 Å². The minimum atomic E-state index is -2.36. The number of hydrogen-bond acceptors (Lipinski definition) is 21. The maximum atomic E-state index is 14.1. The molecular weight excluding hydrogens is 756 g/mol. The summed E-state index contributed by atoms with van der Waals surface area (Å²) in [4.78, 5) is 55.5. The van der Waals surface area contributed by atoms with Crippen LogP contribution in [0.3, 0.4) is 0 Å². The molecule has 5 atom stereocenters. The number of aliphatic hydroxyl groups excluding tert-OH is 1. The zero-order valence-electron chi connectivity index (χ0n) is 27.9. The Morgan fingerprint density at radius 3 is 1.25 bits per heavy atom. The summed E-state index contributed by atoms with van der Waals surface area (Å²) in [6, 6.07) is 2.50. The van der Waals surface area contributed by atoms with Gasteiger partial charge in [-0.05, 0) is 36.8 Å². The first-order chi connectivity index (χ1) is 26.3. The van der Waals surface area contributed by atoms with E-state index in [9.17, 15) is 80.5 Å². The Hall–Kier alpha value is -7.52. The molecule has 0 bridgehead atoms. The molecule has 0 aliphatic carbocycles. The molecule has 1 fully saturated rings. The summed E-state index contributed by atoms with van der Waals surface area (Å²) >= 11 is 0. The first-order valence-corrected chi connectivity index (χ1v) is 15.9. The molecule has 0 amide bonds. The monoisotopic (exact) mass is 782 g/mol. The van der Waals surface area contributed by atoms with Crippen LogP contribution in [0.2, 0.25) is 0 Å². The van der Waals surface area contributed by atoms with E-state index in [1.165, 1.54) is 6.92 Å². The molecule has 0 spiro atoms. The summed E-state index contributed by atoms with van der Waals surface area (Å²) in [7, 11) is 0.